The molecule has 0 aliphatic rings. The molecule has 0 atom stereocenters. The molecular weight excluding hydrogens is 273 g/mol. The summed E-state index contributed by atoms with van der Waals surface area (Å²) in [5.41, 5.74) is 2.47. The number of H-pyrrole nitrogens is 1. The molecule has 2 radical (unpaired) electrons. The zero-order valence-electron chi connectivity index (χ0n) is 10.8. The molecule has 0 spiro atoms. The number of oxime groups is 1. The Balaban J connectivity index is 2.20. The van der Waals surface area contributed by atoms with Gasteiger partial charge in [0.2, 0.25) is 0 Å². The Hall–Kier alpha value is -1.89. The molecule has 1 amide bonds. The maximum Gasteiger partial charge on any atom is 0.269 e. The fraction of sp³-hybridized carbons (Fsp3) is 0.231. The first-order chi connectivity index (χ1) is 9.65. The second kappa shape index (κ2) is 6.52. The lowest BCUT2D eigenvalue weighted by Gasteiger charge is -2.05. The van der Waals surface area contributed by atoms with Gasteiger partial charge in [-0.2, -0.15) is 12.6 Å². The van der Waals surface area contributed by atoms with Gasteiger partial charge in [0.1, 0.15) is 13.6 Å². The average molecular weight is 287 g/mol. The largest absolute Gasteiger partial charge is 0.410 e. The summed E-state index contributed by atoms with van der Waals surface area (Å²) in [5.74, 6) is 0.128. The van der Waals surface area contributed by atoms with E-state index in [9.17, 15) is 4.79 Å². The van der Waals surface area contributed by atoms with E-state index in [0.29, 0.717) is 17.8 Å². The van der Waals surface area contributed by atoms with E-state index in [1.807, 2.05) is 12.1 Å². The van der Waals surface area contributed by atoms with Gasteiger partial charge in [-0.25, -0.2) is 0 Å². The van der Waals surface area contributed by atoms with Gasteiger partial charge in [0.25, 0.3) is 5.91 Å². The van der Waals surface area contributed by atoms with Gasteiger partial charge in [0, 0.05) is 35.8 Å². The number of aromatic amines is 1. The van der Waals surface area contributed by atoms with Gasteiger partial charge in [0.15, 0.2) is 0 Å². The number of amides is 1. The first-order valence-electron chi connectivity index (χ1n) is 6.11. The molecule has 0 aliphatic carbocycles. The second-order valence-corrected chi connectivity index (χ2v) is 4.77. The normalized spacial score (nSPS) is 11.8. The molecule has 20 heavy (non-hydrogen) atoms. The molecule has 5 nitrogen and oxygen atoms in total. The van der Waals surface area contributed by atoms with Crippen LogP contribution in [0, 0.1) is 0 Å². The molecule has 1 heterocycles. The van der Waals surface area contributed by atoms with Crippen LogP contribution in [0.3, 0.4) is 0 Å². The summed E-state index contributed by atoms with van der Waals surface area (Å²) in [7, 11) is 5.71. The van der Waals surface area contributed by atoms with E-state index in [2.05, 4.69) is 28.1 Å². The highest BCUT2D eigenvalue weighted by Crippen LogP contribution is 2.17. The monoisotopic (exact) mass is 287 g/mol. The predicted molar refractivity (Wildman–Crippen MR) is 83.5 cm³/mol. The lowest BCUT2D eigenvalue weighted by Crippen LogP contribution is -2.33. The topological polar surface area (TPSA) is 77.5 Å². The molecule has 2 aromatic rings. The number of nitrogens with one attached hydrogen (secondary N) is 2. The van der Waals surface area contributed by atoms with Gasteiger partial charge >= 0.3 is 0 Å². The third kappa shape index (κ3) is 3.16. The molecule has 0 unspecified atom stereocenters. The molecule has 1 aromatic heterocycles. The first-order valence-corrected chi connectivity index (χ1v) is 6.74. The van der Waals surface area contributed by atoms with Gasteiger partial charge in [-0.05, 0) is 11.6 Å². The molecule has 7 heteroatoms. The third-order valence-corrected chi connectivity index (χ3v) is 3.15. The van der Waals surface area contributed by atoms with E-state index in [0.717, 1.165) is 16.5 Å². The Labute approximate surface area is 123 Å². The summed E-state index contributed by atoms with van der Waals surface area (Å²) >= 11 is 4.01. The van der Waals surface area contributed by atoms with Gasteiger partial charge in [-0.3, -0.25) is 4.79 Å². The quantitative estimate of drug-likeness (QED) is 0.211. The maximum atomic E-state index is 11.8. The zero-order valence-corrected chi connectivity index (χ0v) is 11.7. The van der Waals surface area contributed by atoms with Crippen LogP contribution in [0.1, 0.15) is 5.56 Å². The SMILES string of the molecule is [B]c1ccc2c(C/C(=N\O)C(=O)NCCS)c[nH]c2c1. The van der Waals surface area contributed by atoms with Crippen molar-refractivity contribution in [2.45, 2.75) is 6.42 Å². The summed E-state index contributed by atoms with van der Waals surface area (Å²) in [6.45, 7) is 0.422. The Morgan fingerprint density at radius 3 is 3.00 bits per heavy atom. The van der Waals surface area contributed by atoms with Crippen molar-refractivity contribution >= 4 is 48.5 Å². The van der Waals surface area contributed by atoms with E-state index in [4.69, 9.17) is 13.1 Å². The smallest absolute Gasteiger partial charge is 0.269 e. The van der Waals surface area contributed by atoms with Crippen LogP contribution in [0.4, 0.5) is 0 Å². The highest BCUT2D eigenvalue weighted by atomic mass is 32.1. The van der Waals surface area contributed by atoms with Crippen molar-refractivity contribution < 1.29 is 10.0 Å². The van der Waals surface area contributed by atoms with Crippen molar-refractivity contribution in [1.29, 1.82) is 0 Å². The van der Waals surface area contributed by atoms with Crippen LogP contribution >= 0.6 is 12.6 Å². The number of hydrogen-bond acceptors (Lipinski definition) is 4. The highest BCUT2D eigenvalue weighted by molar-refractivity contribution is 7.80. The number of aromatic nitrogens is 1. The number of nitrogens with zero attached hydrogens (tertiary/aromatic N) is 1. The summed E-state index contributed by atoms with van der Waals surface area (Å²) in [4.78, 5) is 14.9. The van der Waals surface area contributed by atoms with Crippen LogP contribution in [-0.4, -0.2) is 42.0 Å². The van der Waals surface area contributed by atoms with Gasteiger partial charge in [-0.15, -0.1) is 0 Å². The average Bonchev–Trinajstić information content (AvgIpc) is 2.84. The van der Waals surface area contributed by atoms with Crippen LogP contribution < -0.4 is 10.8 Å². The Morgan fingerprint density at radius 2 is 2.30 bits per heavy atom. The van der Waals surface area contributed by atoms with E-state index in [1.54, 1.807) is 12.3 Å². The number of benzene rings is 1. The van der Waals surface area contributed by atoms with Gasteiger partial charge in [0.05, 0.1) is 0 Å². The van der Waals surface area contributed by atoms with Crippen LogP contribution in [-0.2, 0) is 11.2 Å². The molecule has 3 N–H and O–H groups in total. The van der Waals surface area contributed by atoms with Crippen molar-refractivity contribution in [2.75, 3.05) is 12.3 Å². The summed E-state index contributed by atoms with van der Waals surface area (Å²) < 4.78 is 0. The third-order valence-electron chi connectivity index (χ3n) is 2.93. The van der Waals surface area contributed by atoms with E-state index < -0.39 is 5.91 Å². The molecule has 1 aromatic carbocycles. The second-order valence-electron chi connectivity index (χ2n) is 4.32. The molecule has 0 fully saturated rings. The van der Waals surface area contributed by atoms with Crippen LogP contribution in [0.2, 0.25) is 0 Å². The van der Waals surface area contributed by atoms with E-state index in [-0.39, 0.29) is 12.1 Å². The number of thiol groups is 1. The molecule has 0 bridgehead atoms. The van der Waals surface area contributed by atoms with Crippen molar-refractivity contribution in [3.63, 3.8) is 0 Å². The maximum absolute atomic E-state index is 11.8. The number of rotatable bonds is 5. The fourth-order valence-electron chi connectivity index (χ4n) is 1.96. The predicted octanol–water partition coefficient (Wildman–Crippen LogP) is 0.380. The minimum atomic E-state index is -0.397. The zero-order chi connectivity index (χ0) is 14.5. The van der Waals surface area contributed by atoms with Gasteiger partial charge in [-0.1, -0.05) is 22.8 Å². The number of carbonyl (C=O) groups excluding carboxylic acids is 1. The summed E-state index contributed by atoms with van der Waals surface area (Å²) in [6.07, 6.45) is 2.01. The summed E-state index contributed by atoms with van der Waals surface area (Å²) in [6, 6.07) is 5.48. The molecular formula is C13H14BN3O2S. The standard InChI is InChI=1S/C13H14BN3O2S/c14-9-1-2-10-8(7-16-11(10)6-9)5-12(17-19)13(18)15-3-4-20/h1-2,6-7,16,19-20H,3-5H2,(H,15,18)/b17-12+. The highest BCUT2D eigenvalue weighted by Gasteiger charge is 2.14. The number of fused-ring (bicyclic) bond motifs is 1. The molecule has 0 aliphatic heterocycles. The molecule has 2 rings (SSSR count). The minimum Gasteiger partial charge on any atom is -0.410 e. The Morgan fingerprint density at radius 1 is 1.50 bits per heavy atom. The van der Waals surface area contributed by atoms with Crippen molar-refractivity contribution in [2.24, 2.45) is 5.16 Å². The van der Waals surface area contributed by atoms with E-state index in [1.165, 1.54) is 0 Å². The van der Waals surface area contributed by atoms with Gasteiger partial charge < -0.3 is 15.5 Å². The lowest BCUT2D eigenvalue weighted by atomic mass is 9.94. The van der Waals surface area contributed by atoms with Crippen LogP contribution in [0.5, 0.6) is 0 Å². The van der Waals surface area contributed by atoms with E-state index >= 15 is 0 Å². The first kappa shape index (κ1) is 14.5. The summed E-state index contributed by atoms with van der Waals surface area (Å²) in [5, 5.41) is 15.6. The molecule has 0 saturated heterocycles. The number of hydrogen-bond donors (Lipinski definition) is 4. The lowest BCUT2D eigenvalue weighted by molar-refractivity contribution is -0.114. The molecule has 102 valence electrons. The minimum absolute atomic E-state index is 0.0597. The fourth-order valence-corrected chi connectivity index (χ4v) is 2.07. The van der Waals surface area contributed by atoms with Crippen molar-refractivity contribution in [3.05, 3.63) is 30.0 Å². The number of carbonyl (C=O) groups is 1. The van der Waals surface area contributed by atoms with Crippen LogP contribution in [0.25, 0.3) is 10.9 Å². The van der Waals surface area contributed by atoms with Crippen LogP contribution in [0.15, 0.2) is 29.6 Å². The Kier molecular flexibility index (Phi) is 4.73. The Bertz CT molecular complexity index is 654. The van der Waals surface area contributed by atoms with Crippen molar-refractivity contribution in [1.82, 2.24) is 10.3 Å². The molecule has 0 saturated carbocycles. The van der Waals surface area contributed by atoms with Crippen molar-refractivity contribution in [3.8, 4) is 0 Å².